The topological polar surface area (TPSA) is 12.0 Å². The Morgan fingerprint density at radius 2 is 1.30 bits per heavy atom. The number of rotatable bonds is 2. The van der Waals surface area contributed by atoms with Crippen LogP contribution in [-0.2, 0) is 0 Å². The molecule has 2 rings (SSSR count). The lowest BCUT2D eigenvalue weighted by atomic mass is 9.76. The van der Waals surface area contributed by atoms with Gasteiger partial charge in [-0.05, 0) is 62.2 Å². The van der Waals surface area contributed by atoms with Crippen molar-refractivity contribution in [3.8, 4) is 0 Å². The van der Waals surface area contributed by atoms with Crippen molar-refractivity contribution in [2.24, 2.45) is 17.3 Å². The molecule has 118 valence electrons. The van der Waals surface area contributed by atoms with Gasteiger partial charge in [0.15, 0.2) is 0 Å². The fraction of sp³-hybridized carbons (Fsp3) is 1.00. The molecule has 0 aromatic heterocycles. The van der Waals surface area contributed by atoms with E-state index in [1.165, 1.54) is 64.2 Å². The number of nitrogens with one attached hydrogen (secondary N) is 1. The van der Waals surface area contributed by atoms with E-state index in [0.29, 0.717) is 5.41 Å². The molecule has 0 amide bonds. The summed E-state index contributed by atoms with van der Waals surface area (Å²) >= 11 is 0. The minimum atomic E-state index is 0.507. The molecule has 0 saturated heterocycles. The first kappa shape index (κ1) is 16.3. The van der Waals surface area contributed by atoms with Crippen molar-refractivity contribution in [3.05, 3.63) is 0 Å². The van der Waals surface area contributed by atoms with Crippen LogP contribution in [0.1, 0.15) is 91.9 Å². The lowest BCUT2D eigenvalue weighted by Gasteiger charge is -2.30. The lowest BCUT2D eigenvalue weighted by molar-refractivity contribution is 0.213. The quantitative estimate of drug-likeness (QED) is 0.654. The zero-order chi connectivity index (χ0) is 14.6. The second-order valence-electron chi connectivity index (χ2n) is 8.75. The molecule has 2 aliphatic carbocycles. The average Bonchev–Trinajstić information content (AvgIpc) is 2.70. The molecular formula is C19H37N. The number of hydrogen-bond acceptors (Lipinski definition) is 1. The van der Waals surface area contributed by atoms with Gasteiger partial charge in [0.05, 0.1) is 0 Å². The molecule has 0 bridgehead atoms. The summed E-state index contributed by atoms with van der Waals surface area (Å²) < 4.78 is 0. The minimum absolute atomic E-state index is 0.507. The molecule has 1 nitrogen and oxygen atoms in total. The first-order valence-electron chi connectivity index (χ1n) is 9.21. The Bertz CT molecular complexity index is 278. The van der Waals surface area contributed by atoms with E-state index >= 15 is 0 Å². The molecule has 1 N–H and O–H groups in total. The molecule has 0 heterocycles. The highest BCUT2D eigenvalue weighted by Crippen LogP contribution is 2.37. The van der Waals surface area contributed by atoms with E-state index in [1.807, 2.05) is 0 Å². The molecule has 4 atom stereocenters. The van der Waals surface area contributed by atoms with E-state index in [1.54, 1.807) is 0 Å². The largest absolute Gasteiger partial charge is 0.311 e. The Hall–Kier alpha value is -0.0400. The maximum atomic E-state index is 4.03. The molecule has 0 aromatic rings. The molecule has 1 heteroatoms. The molecule has 20 heavy (non-hydrogen) atoms. The Balaban J connectivity index is 1.79. The summed E-state index contributed by atoms with van der Waals surface area (Å²) in [5.41, 5.74) is 0.507. The van der Waals surface area contributed by atoms with E-state index in [9.17, 15) is 0 Å². The van der Waals surface area contributed by atoms with Gasteiger partial charge in [0.2, 0.25) is 0 Å². The van der Waals surface area contributed by atoms with Crippen LogP contribution >= 0.6 is 0 Å². The Morgan fingerprint density at radius 3 is 1.95 bits per heavy atom. The predicted octanol–water partition coefficient (Wildman–Crippen LogP) is 5.54. The smallest absolute Gasteiger partial charge is 0.00697 e. The van der Waals surface area contributed by atoms with Crippen LogP contribution in [0.25, 0.3) is 0 Å². The van der Waals surface area contributed by atoms with Crippen LogP contribution in [-0.4, -0.2) is 12.1 Å². The fourth-order valence-electron chi connectivity index (χ4n) is 4.32. The van der Waals surface area contributed by atoms with Crippen molar-refractivity contribution in [2.45, 2.75) is 104 Å². The van der Waals surface area contributed by atoms with Crippen molar-refractivity contribution >= 4 is 0 Å². The Labute approximate surface area is 127 Å². The van der Waals surface area contributed by atoms with Crippen molar-refractivity contribution < 1.29 is 0 Å². The van der Waals surface area contributed by atoms with Crippen LogP contribution in [0.15, 0.2) is 0 Å². The summed E-state index contributed by atoms with van der Waals surface area (Å²) in [6.45, 7) is 9.72. The molecule has 0 radical (unpaired) electrons. The van der Waals surface area contributed by atoms with Crippen LogP contribution < -0.4 is 5.32 Å². The maximum Gasteiger partial charge on any atom is 0.00697 e. The summed E-state index contributed by atoms with van der Waals surface area (Å²) in [5.74, 6) is 1.89. The van der Waals surface area contributed by atoms with Gasteiger partial charge in [0.25, 0.3) is 0 Å². The monoisotopic (exact) mass is 279 g/mol. The van der Waals surface area contributed by atoms with E-state index < -0.39 is 0 Å². The van der Waals surface area contributed by atoms with Gasteiger partial charge in [0, 0.05) is 12.1 Å². The molecule has 0 spiro atoms. The molecule has 2 saturated carbocycles. The van der Waals surface area contributed by atoms with Crippen molar-refractivity contribution in [3.63, 3.8) is 0 Å². The summed E-state index contributed by atoms with van der Waals surface area (Å²) in [7, 11) is 0. The predicted molar refractivity (Wildman–Crippen MR) is 89.0 cm³/mol. The molecular weight excluding hydrogens is 242 g/mol. The summed E-state index contributed by atoms with van der Waals surface area (Å²) in [4.78, 5) is 0. The Kier molecular flexibility index (Phi) is 5.95. The fourth-order valence-corrected chi connectivity index (χ4v) is 4.32. The van der Waals surface area contributed by atoms with Crippen molar-refractivity contribution in [2.75, 3.05) is 0 Å². The summed E-state index contributed by atoms with van der Waals surface area (Å²) in [6, 6.07) is 1.62. The van der Waals surface area contributed by atoms with Crippen molar-refractivity contribution in [1.82, 2.24) is 5.32 Å². The highest BCUT2D eigenvalue weighted by atomic mass is 14.9. The molecule has 0 aromatic carbocycles. The van der Waals surface area contributed by atoms with E-state index in [4.69, 9.17) is 0 Å². The summed E-state index contributed by atoms with van der Waals surface area (Å²) in [6.07, 6.45) is 14.3. The third-order valence-electron chi connectivity index (χ3n) is 5.92. The van der Waals surface area contributed by atoms with Gasteiger partial charge in [0.1, 0.15) is 0 Å². The second kappa shape index (κ2) is 7.29. The Morgan fingerprint density at radius 1 is 0.700 bits per heavy atom. The first-order chi connectivity index (χ1) is 9.45. The van der Waals surface area contributed by atoms with Crippen LogP contribution in [0.3, 0.4) is 0 Å². The highest BCUT2D eigenvalue weighted by Gasteiger charge is 2.28. The van der Waals surface area contributed by atoms with E-state index in [0.717, 1.165) is 23.9 Å². The zero-order valence-corrected chi connectivity index (χ0v) is 14.4. The standard InChI is InChI=1S/C19H37N/c1-15-7-5-9-17(13-11-15)20-18-10-6-8-16(12-14-18)19(2,3)4/h15-18,20H,5-14H2,1-4H3. The average molecular weight is 280 g/mol. The van der Waals surface area contributed by atoms with E-state index in [-0.39, 0.29) is 0 Å². The number of hydrogen-bond donors (Lipinski definition) is 1. The van der Waals surface area contributed by atoms with Gasteiger partial charge in [-0.1, -0.05) is 47.0 Å². The molecule has 0 aliphatic heterocycles. The van der Waals surface area contributed by atoms with Gasteiger partial charge in [-0.3, -0.25) is 0 Å². The highest BCUT2D eigenvalue weighted by molar-refractivity contribution is 4.84. The third kappa shape index (κ3) is 5.06. The van der Waals surface area contributed by atoms with Crippen LogP contribution in [0.4, 0.5) is 0 Å². The van der Waals surface area contributed by atoms with Gasteiger partial charge in [-0.15, -0.1) is 0 Å². The van der Waals surface area contributed by atoms with Crippen LogP contribution in [0.5, 0.6) is 0 Å². The molecule has 2 fully saturated rings. The second-order valence-corrected chi connectivity index (χ2v) is 8.75. The minimum Gasteiger partial charge on any atom is -0.311 e. The summed E-state index contributed by atoms with van der Waals surface area (Å²) in [5, 5.41) is 4.03. The van der Waals surface area contributed by atoms with E-state index in [2.05, 4.69) is 33.0 Å². The molecule has 4 unspecified atom stereocenters. The van der Waals surface area contributed by atoms with Crippen LogP contribution in [0.2, 0.25) is 0 Å². The van der Waals surface area contributed by atoms with Gasteiger partial charge >= 0.3 is 0 Å². The van der Waals surface area contributed by atoms with Crippen LogP contribution in [0, 0.1) is 17.3 Å². The first-order valence-corrected chi connectivity index (χ1v) is 9.21. The SMILES string of the molecule is CC1CCCC(NC2CCCC(C(C)(C)C)CC2)CC1. The zero-order valence-electron chi connectivity index (χ0n) is 14.4. The van der Waals surface area contributed by atoms with Gasteiger partial charge in [-0.25, -0.2) is 0 Å². The van der Waals surface area contributed by atoms with Crippen molar-refractivity contribution in [1.29, 1.82) is 0 Å². The van der Waals surface area contributed by atoms with Gasteiger partial charge < -0.3 is 5.32 Å². The molecule has 2 aliphatic rings. The normalized spacial score (nSPS) is 37.2. The maximum absolute atomic E-state index is 4.03. The van der Waals surface area contributed by atoms with Gasteiger partial charge in [-0.2, -0.15) is 0 Å². The third-order valence-corrected chi connectivity index (χ3v) is 5.92. The lowest BCUT2D eigenvalue weighted by Crippen LogP contribution is -2.38.